The monoisotopic (exact) mass is 228 g/mol. The predicted octanol–water partition coefficient (Wildman–Crippen LogP) is 2.76. The molecule has 0 aromatic heterocycles. The third-order valence-corrected chi connectivity index (χ3v) is 5.11. The molecule has 0 spiro atoms. The van der Waals surface area contributed by atoms with Crippen LogP contribution in [0.5, 0.6) is 0 Å². The SMILES string of the molecule is CCCC(CC)CSP(O)(O)=S. The first-order valence-corrected chi connectivity index (χ1v) is 8.49. The number of hydrogen-bond acceptors (Lipinski definition) is 2. The highest BCUT2D eigenvalue weighted by Crippen LogP contribution is 2.51. The molecular formula is C7H17O2PS2. The molecule has 1 unspecified atom stereocenters. The normalized spacial score (nSPS) is 14.7. The highest BCUT2D eigenvalue weighted by Gasteiger charge is 2.12. The Morgan fingerprint density at radius 2 is 2.00 bits per heavy atom. The standard InChI is InChI=1S/C7H17O2PS2/c1-3-5-7(4-2)6-12-10(8,9)11/h7H,3-6H2,1-2H3,(H2,8,9,11). The lowest BCUT2D eigenvalue weighted by Crippen LogP contribution is -2.01. The molecule has 5 heteroatoms. The molecule has 0 aromatic rings. The molecule has 0 bridgehead atoms. The van der Waals surface area contributed by atoms with Gasteiger partial charge in [0.2, 0.25) is 5.69 Å². The van der Waals surface area contributed by atoms with Crippen molar-refractivity contribution in [3.63, 3.8) is 0 Å². The Morgan fingerprint density at radius 1 is 1.42 bits per heavy atom. The van der Waals surface area contributed by atoms with Gasteiger partial charge in [0.05, 0.1) is 0 Å². The molecule has 0 amide bonds. The maximum Gasteiger partial charge on any atom is 0.242 e. The van der Waals surface area contributed by atoms with Crippen LogP contribution < -0.4 is 0 Å². The van der Waals surface area contributed by atoms with Crippen molar-refractivity contribution >= 4 is 28.9 Å². The van der Waals surface area contributed by atoms with Crippen molar-refractivity contribution in [1.29, 1.82) is 0 Å². The van der Waals surface area contributed by atoms with Crippen LogP contribution in [0.25, 0.3) is 0 Å². The molecule has 0 aromatic carbocycles. The maximum absolute atomic E-state index is 8.97. The van der Waals surface area contributed by atoms with Crippen LogP contribution in [0.2, 0.25) is 0 Å². The van der Waals surface area contributed by atoms with Gasteiger partial charge in [-0.15, -0.1) is 0 Å². The van der Waals surface area contributed by atoms with E-state index in [1.54, 1.807) is 0 Å². The Kier molecular flexibility index (Phi) is 6.87. The molecule has 0 heterocycles. The van der Waals surface area contributed by atoms with E-state index >= 15 is 0 Å². The topological polar surface area (TPSA) is 40.5 Å². The summed E-state index contributed by atoms with van der Waals surface area (Å²) >= 11 is 5.66. The molecule has 2 nitrogen and oxygen atoms in total. The molecule has 2 N–H and O–H groups in total. The van der Waals surface area contributed by atoms with Crippen molar-refractivity contribution in [2.75, 3.05) is 5.75 Å². The second-order valence-corrected chi connectivity index (χ2v) is 8.95. The van der Waals surface area contributed by atoms with E-state index in [0.717, 1.165) is 36.4 Å². The van der Waals surface area contributed by atoms with Crippen LogP contribution in [0, 0.1) is 5.92 Å². The van der Waals surface area contributed by atoms with Gasteiger partial charge in [-0.1, -0.05) is 38.1 Å². The van der Waals surface area contributed by atoms with Crippen molar-refractivity contribution in [1.82, 2.24) is 0 Å². The summed E-state index contributed by atoms with van der Waals surface area (Å²) in [6.07, 6.45) is 3.40. The second-order valence-electron chi connectivity index (χ2n) is 2.85. The molecular weight excluding hydrogens is 211 g/mol. The zero-order valence-electron chi connectivity index (χ0n) is 7.56. The van der Waals surface area contributed by atoms with Crippen LogP contribution in [0.15, 0.2) is 0 Å². The van der Waals surface area contributed by atoms with E-state index in [0.29, 0.717) is 5.92 Å². The lowest BCUT2D eigenvalue weighted by molar-refractivity contribution is 0.498. The van der Waals surface area contributed by atoms with Crippen LogP contribution in [0.4, 0.5) is 0 Å². The van der Waals surface area contributed by atoms with Crippen LogP contribution in [0.1, 0.15) is 33.1 Å². The lowest BCUT2D eigenvalue weighted by atomic mass is 10.0. The van der Waals surface area contributed by atoms with E-state index in [2.05, 4.69) is 25.7 Å². The maximum atomic E-state index is 8.97. The summed E-state index contributed by atoms with van der Waals surface area (Å²) in [5.74, 6) is 1.37. The summed E-state index contributed by atoms with van der Waals surface area (Å²) in [4.78, 5) is 17.9. The highest BCUT2D eigenvalue weighted by molar-refractivity contribution is 8.67. The first kappa shape index (κ1) is 12.9. The summed E-state index contributed by atoms with van der Waals surface area (Å²) in [6, 6.07) is 0. The van der Waals surface area contributed by atoms with E-state index in [-0.39, 0.29) is 0 Å². The minimum Gasteiger partial charge on any atom is -0.338 e. The molecule has 0 aliphatic rings. The van der Waals surface area contributed by atoms with Crippen LogP contribution in [0.3, 0.4) is 0 Å². The Bertz CT molecular complexity index is 157. The summed E-state index contributed by atoms with van der Waals surface area (Å²) in [5, 5.41) is 0. The first-order chi connectivity index (χ1) is 5.49. The van der Waals surface area contributed by atoms with Crippen LogP contribution in [-0.2, 0) is 11.8 Å². The van der Waals surface area contributed by atoms with Crippen molar-refractivity contribution in [2.24, 2.45) is 5.92 Å². The van der Waals surface area contributed by atoms with E-state index in [4.69, 9.17) is 9.79 Å². The average molecular weight is 228 g/mol. The summed E-state index contributed by atoms with van der Waals surface area (Å²) < 4.78 is 0. The lowest BCUT2D eigenvalue weighted by Gasteiger charge is -2.14. The van der Waals surface area contributed by atoms with Gasteiger partial charge in [-0.2, -0.15) is 0 Å². The number of hydrogen-bond donors (Lipinski definition) is 2. The van der Waals surface area contributed by atoms with Gasteiger partial charge in [-0.05, 0) is 24.1 Å². The first-order valence-electron chi connectivity index (χ1n) is 4.19. The second kappa shape index (κ2) is 6.39. The average Bonchev–Trinajstić information content (AvgIpc) is 1.96. The molecule has 0 radical (unpaired) electrons. The van der Waals surface area contributed by atoms with Gasteiger partial charge in [0.25, 0.3) is 0 Å². The highest BCUT2D eigenvalue weighted by atomic mass is 32.9. The minimum absolute atomic E-state index is 0.585. The molecule has 0 saturated carbocycles. The molecule has 12 heavy (non-hydrogen) atoms. The Labute approximate surface area is 83.7 Å². The molecule has 0 saturated heterocycles. The van der Waals surface area contributed by atoms with Crippen molar-refractivity contribution in [3.8, 4) is 0 Å². The quantitative estimate of drug-likeness (QED) is 0.686. The Hall–Kier alpha value is 0.920. The fourth-order valence-electron chi connectivity index (χ4n) is 1.02. The smallest absolute Gasteiger partial charge is 0.242 e. The van der Waals surface area contributed by atoms with Gasteiger partial charge in [-0.25, -0.2) is 0 Å². The van der Waals surface area contributed by atoms with Gasteiger partial charge in [0.1, 0.15) is 0 Å². The molecule has 0 aliphatic carbocycles. The zero-order valence-corrected chi connectivity index (χ0v) is 10.1. The fourth-order valence-corrected chi connectivity index (χ4v) is 3.59. The predicted molar refractivity (Wildman–Crippen MR) is 59.9 cm³/mol. The van der Waals surface area contributed by atoms with Crippen molar-refractivity contribution < 1.29 is 9.79 Å². The third kappa shape index (κ3) is 7.56. The zero-order chi connectivity index (χ0) is 9.61. The largest absolute Gasteiger partial charge is 0.338 e. The van der Waals surface area contributed by atoms with Gasteiger partial charge in [0.15, 0.2) is 0 Å². The molecule has 0 rings (SSSR count). The van der Waals surface area contributed by atoms with Gasteiger partial charge < -0.3 is 9.79 Å². The van der Waals surface area contributed by atoms with Gasteiger partial charge >= 0.3 is 0 Å². The number of rotatable bonds is 6. The van der Waals surface area contributed by atoms with E-state index < -0.39 is 5.69 Å². The molecule has 0 fully saturated rings. The molecule has 74 valence electrons. The van der Waals surface area contributed by atoms with E-state index in [9.17, 15) is 0 Å². The Morgan fingerprint density at radius 3 is 2.33 bits per heavy atom. The third-order valence-electron chi connectivity index (χ3n) is 1.75. The molecule has 0 aliphatic heterocycles. The van der Waals surface area contributed by atoms with Gasteiger partial charge in [-0.3, -0.25) is 0 Å². The van der Waals surface area contributed by atoms with Gasteiger partial charge in [0, 0.05) is 5.75 Å². The summed E-state index contributed by atoms with van der Waals surface area (Å²) in [5.41, 5.74) is -3.01. The summed E-state index contributed by atoms with van der Waals surface area (Å²) in [7, 11) is 0. The van der Waals surface area contributed by atoms with Crippen LogP contribution in [-0.4, -0.2) is 15.5 Å². The van der Waals surface area contributed by atoms with Crippen LogP contribution >= 0.6 is 17.1 Å². The van der Waals surface area contributed by atoms with E-state index in [1.807, 2.05) is 0 Å². The van der Waals surface area contributed by atoms with Crippen molar-refractivity contribution in [3.05, 3.63) is 0 Å². The van der Waals surface area contributed by atoms with Crippen molar-refractivity contribution in [2.45, 2.75) is 33.1 Å². The molecule has 1 atom stereocenters. The minimum atomic E-state index is -3.01. The summed E-state index contributed by atoms with van der Waals surface area (Å²) in [6.45, 7) is 4.26. The Balaban J connectivity index is 3.65. The van der Waals surface area contributed by atoms with E-state index in [1.165, 1.54) is 0 Å². The fraction of sp³-hybridized carbons (Fsp3) is 1.00.